The van der Waals surface area contributed by atoms with E-state index in [1.54, 1.807) is 15.9 Å². The van der Waals surface area contributed by atoms with Gasteiger partial charge in [-0.2, -0.15) is 0 Å². The van der Waals surface area contributed by atoms with E-state index in [1.807, 2.05) is 11.5 Å². The second kappa shape index (κ2) is 6.94. The molecule has 0 saturated heterocycles. The first kappa shape index (κ1) is 17.9. The summed E-state index contributed by atoms with van der Waals surface area (Å²) in [5.74, 6) is 0.985. The molecule has 0 unspecified atom stereocenters. The van der Waals surface area contributed by atoms with Crippen LogP contribution in [0, 0.1) is 18.8 Å². The normalized spacial score (nSPS) is 22.7. The summed E-state index contributed by atoms with van der Waals surface area (Å²) in [7, 11) is 0. The van der Waals surface area contributed by atoms with Crippen molar-refractivity contribution in [2.24, 2.45) is 17.6 Å². The molecule has 2 aliphatic rings. The maximum atomic E-state index is 13.2. The van der Waals surface area contributed by atoms with Gasteiger partial charge in [0.2, 0.25) is 0 Å². The van der Waals surface area contributed by atoms with E-state index in [9.17, 15) is 9.59 Å². The van der Waals surface area contributed by atoms with Crippen molar-refractivity contribution in [3.8, 4) is 0 Å². The van der Waals surface area contributed by atoms with E-state index >= 15 is 0 Å². The first-order valence-electron chi connectivity index (χ1n) is 9.71. The third-order valence-electron chi connectivity index (χ3n) is 6.01. The van der Waals surface area contributed by atoms with Gasteiger partial charge in [-0.25, -0.2) is 4.79 Å². The van der Waals surface area contributed by atoms with E-state index in [-0.39, 0.29) is 17.3 Å². The molecule has 2 heterocycles. The molecule has 2 fully saturated rings. The Kier molecular flexibility index (Phi) is 4.79. The van der Waals surface area contributed by atoms with Crippen molar-refractivity contribution < 1.29 is 0 Å². The van der Waals surface area contributed by atoms with Crippen LogP contribution in [0.2, 0.25) is 0 Å². The van der Waals surface area contributed by atoms with Gasteiger partial charge in [-0.1, -0.05) is 13.3 Å². The molecule has 0 spiro atoms. The summed E-state index contributed by atoms with van der Waals surface area (Å²) in [6.45, 7) is 6.89. The number of thiophene rings is 1. The van der Waals surface area contributed by atoms with Crippen LogP contribution in [0.4, 0.5) is 0 Å². The van der Waals surface area contributed by atoms with Gasteiger partial charge in [-0.05, 0) is 43.6 Å². The number of aryl methyl sites for hydroxylation is 1. The van der Waals surface area contributed by atoms with Gasteiger partial charge in [0.25, 0.3) is 5.56 Å². The average molecular weight is 377 g/mol. The van der Waals surface area contributed by atoms with Gasteiger partial charge >= 0.3 is 5.69 Å². The Bertz CT molecular complexity index is 938. The lowest BCUT2D eigenvalue weighted by molar-refractivity contribution is 0.274. The molecule has 0 amide bonds. The second-order valence-corrected chi connectivity index (χ2v) is 9.03. The fourth-order valence-corrected chi connectivity index (χ4v) is 5.20. The monoisotopic (exact) mass is 376 g/mol. The highest BCUT2D eigenvalue weighted by Crippen LogP contribution is 2.41. The molecule has 0 bridgehead atoms. The predicted octanol–water partition coefficient (Wildman–Crippen LogP) is 1.96. The fourth-order valence-electron chi connectivity index (χ4n) is 3.93. The third kappa shape index (κ3) is 2.96. The number of rotatable bonds is 7. The first-order chi connectivity index (χ1) is 12.5. The van der Waals surface area contributed by atoms with Crippen molar-refractivity contribution in [2.75, 3.05) is 13.1 Å². The zero-order chi connectivity index (χ0) is 18.4. The molecule has 2 aromatic heterocycles. The molecule has 142 valence electrons. The predicted molar refractivity (Wildman–Crippen MR) is 106 cm³/mol. The van der Waals surface area contributed by atoms with Crippen molar-refractivity contribution in [3.63, 3.8) is 0 Å². The highest BCUT2D eigenvalue weighted by atomic mass is 32.1. The molecule has 6 nitrogen and oxygen atoms in total. The minimum absolute atomic E-state index is 0.0742. The molecule has 7 heteroatoms. The molecule has 0 radical (unpaired) electrons. The summed E-state index contributed by atoms with van der Waals surface area (Å²) in [4.78, 5) is 28.4. The van der Waals surface area contributed by atoms with Crippen molar-refractivity contribution in [1.29, 1.82) is 0 Å². The molecule has 2 aromatic rings. The molecule has 2 saturated carbocycles. The molecule has 4 rings (SSSR count). The van der Waals surface area contributed by atoms with Crippen LogP contribution in [-0.2, 0) is 13.1 Å². The van der Waals surface area contributed by atoms with Crippen molar-refractivity contribution in [1.82, 2.24) is 14.5 Å². The maximum absolute atomic E-state index is 13.2. The van der Waals surface area contributed by atoms with Gasteiger partial charge in [-0.15, -0.1) is 11.3 Å². The Balaban J connectivity index is 1.86. The van der Waals surface area contributed by atoms with Crippen molar-refractivity contribution >= 4 is 21.6 Å². The Morgan fingerprint density at radius 2 is 2.04 bits per heavy atom. The van der Waals surface area contributed by atoms with Gasteiger partial charge in [0, 0.05) is 37.1 Å². The third-order valence-corrected chi connectivity index (χ3v) is 7.33. The van der Waals surface area contributed by atoms with Crippen LogP contribution in [0.15, 0.2) is 9.59 Å². The molecular formula is C19H28N4O2S. The van der Waals surface area contributed by atoms with Crippen LogP contribution in [0.25, 0.3) is 10.2 Å². The van der Waals surface area contributed by atoms with Crippen molar-refractivity contribution in [3.05, 3.63) is 31.3 Å². The summed E-state index contributed by atoms with van der Waals surface area (Å²) in [5.41, 5.74) is 6.38. The molecule has 3 N–H and O–H groups in total. The van der Waals surface area contributed by atoms with Gasteiger partial charge in [0.1, 0.15) is 4.83 Å². The Morgan fingerprint density at radius 3 is 2.62 bits per heavy atom. The summed E-state index contributed by atoms with van der Waals surface area (Å²) < 4.78 is 3.44. The standard InChI is InChI=1S/C19H28N4O2S/c1-11-8-14(11)23-17(24)16-12(2)15(9-21-7-6-20)26-18(16)22(19(23)25)10-13-4-3-5-13/h11,13-14,21H,3-10,20H2,1-2H3/t11-,14-/m0/s1. The van der Waals surface area contributed by atoms with Gasteiger partial charge in [-0.3, -0.25) is 13.9 Å². The van der Waals surface area contributed by atoms with Gasteiger partial charge in [0.15, 0.2) is 0 Å². The van der Waals surface area contributed by atoms with E-state index in [0.717, 1.165) is 40.2 Å². The SMILES string of the molecule is Cc1c(CNCCN)sc2c1c(=O)n([C@H]1C[C@@H]1C)c(=O)n2CC1CCC1. The number of nitrogens with one attached hydrogen (secondary N) is 1. The lowest BCUT2D eigenvalue weighted by Crippen LogP contribution is -2.41. The minimum Gasteiger partial charge on any atom is -0.329 e. The summed E-state index contributed by atoms with van der Waals surface area (Å²) in [6, 6.07) is 0.0742. The zero-order valence-corrected chi connectivity index (χ0v) is 16.4. The lowest BCUT2D eigenvalue weighted by atomic mass is 9.85. The molecule has 2 atom stereocenters. The number of nitrogens with zero attached hydrogens (tertiary/aromatic N) is 2. The summed E-state index contributed by atoms with van der Waals surface area (Å²) in [6.07, 6.45) is 4.54. The van der Waals surface area contributed by atoms with E-state index < -0.39 is 0 Å². The molecule has 0 aromatic carbocycles. The average Bonchev–Trinajstić information content (AvgIpc) is 3.17. The van der Waals surface area contributed by atoms with Crippen molar-refractivity contribution in [2.45, 2.75) is 58.7 Å². The van der Waals surface area contributed by atoms with E-state index in [0.29, 0.717) is 24.9 Å². The second-order valence-electron chi connectivity index (χ2n) is 7.94. The van der Waals surface area contributed by atoms with E-state index in [1.165, 1.54) is 19.3 Å². The smallest absolute Gasteiger partial charge is 0.329 e. The van der Waals surface area contributed by atoms with Gasteiger partial charge in [0.05, 0.1) is 5.39 Å². The van der Waals surface area contributed by atoms with E-state index in [4.69, 9.17) is 5.73 Å². The number of nitrogens with two attached hydrogens (primary N) is 1. The van der Waals surface area contributed by atoms with Crippen LogP contribution in [0.1, 0.15) is 49.1 Å². The molecule has 0 aliphatic heterocycles. The van der Waals surface area contributed by atoms with E-state index in [2.05, 4.69) is 12.2 Å². The number of fused-ring (bicyclic) bond motifs is 1. The van der Waals surface area contributed by atoms with Crippen LogP contribution in [0.5, 0.6) is 0 Å². The van der Waals surface area contributed by atoms with Gasteiger partial charge < -0.3 is 11.1 Å². The van der Waals surface area contributed by atoms with Crippen LogP contribution >= 0.6 is 11.3 Å². The summed E-state index contributed by atoms with van der Waals surface area (Å²) >= 11 is 1.59. The minimum atomic E-state index is -0.105. The van der Waals surface area contributed by atoms with Crippen LogP contribution in [-0.4, -0.2) is 22.2 Å². The maximum Gasteiger partial charge on any atom is 0.332 e. The Labute approximate surface area is 157 Å². The number of aromatic nitrogens is 2. The number of hydrogen-bond donors (Lipinski definition) is 2. The summed E-state index contributed by atoms with van der Waals surface area (Å²) in [5, 5.41) is 4.06. The Morgan fingerprint density at radius 1 is 1.31 bits per heavy atom. The first-order valence-corrected chi connectivity index (χ1v) is 10.5. The Hall–Kier alpha value is -1.44. The lowest BCUT2D eigenvalue weighted by Gasteiger charge is -2.26. The zero-order valence-electron chi connectivity index (χ0n) is 15.6. The molecule has 26 heavy (non-hydrogen) atoms. The highest BCUT2D eigenvalue weighted by Gasteiger charge is 2.38. The molecular weight excluding hydrogens is 348 g/mol. The van der Waals surface area contributed by atoms with Crippen LogP contribution in [0.3, 0.4) is 0 Å². The largest absolute Gasteiger partial charge is 0.332 e. The van der Waals surface area contributed by atoms with Crippen LogP contribution < -0.4 is 22.3 Å². The topological polar surface area (TPSA) is 82.1 Å². The fraction of sp³-hybridized carbons (Fsp3) is 0.684. The quantitative estimate of drug-likeness (QED) is 0.724. The highest BCUT2D eigenvalue weighted by molar-refractivity contribution is 7.18. The molecule has 2 aliphatic carbocycles. The number of hydrogen-bond acceptors (Lipinski definition) is 5.